The normalized spacial score (nSPS) is 15.9. The lowest BCUT2D eigenvalue weighted by molar-refractivity contribution is 0.110. The van der Waals surface area contributed by atoms with E-state index >= 15 is 0 Å². The van der Waals surface area contributed by atoms with Crippen LogP contribution in [-0.2, 0) is 17.9 Å². The van der Waals surface area contributed by atoms with Crippen molar-refractivity contribution in [2.75, 3.05) is 19.8 Å². The van der Waals surface area contributed by atoms with Crippen molar-refractivity contribution in [1.82, 2.24) is 5.32 Å². The highest BCUT2D eigenvalue weighted by Crippen LogP contribution is 2.37. The smallest absolute Gasteiger partial charge is 0.175 e. The first-order chi connectivity index (χ1) is 13.2. The molecule has 0 bridgehead atoms. The second-order valence-electron chi connectivity index (χ2n) is 6.48. The molecule has 0 amide bonds. The zero-order chi connectivity index (χ0) is 19.1. The summed E-state index contributed by atoms with van der Waals surface area (Å²) in [7, 11) is 0. The molecular formula is C21H26BrCl2NO3. The minimum atomic E-state index is 0. The van der Waals surface area contributed by atoms with Gasteiger partial charge < -0.3 is 19.5 Å². The minimum absolute atomic E-state index is 0. The van der Waals surface area contributed by atoms with Crippen molar-refractivity contribution < 1.29 is 14.2 Å². The molecule has 1 aliphatic rings. The van der Waals surface area contributed by atoms with Crippen molar-refractivity contribution in [1.29, 1.82) is 0 Å². The van der Waals surface area contributed by atoms with Gasteiger partial charge in [-0.25, -0.2) is 0 Å². The van der Waals surface area contributed by atoms with E-state index in [2.05, 4.69) is 27.3 Å². The van der Waals surface area contributed by atoms with Gasteiger partial charge in [0.15, 0.2) is 11.5 Å². The quantitative estimate of drug-likeness (QED) is 0.484. The van der Waals surface area contributed by atoms with E-state index in [0.29, 0.717) is 30.1 Å². The standard InChI is InChI=1S/C21H25BrClNO3.ClH/c1-2-25-20-11-15(12-24-13-17-7-5-9-26-17)10-18(22)21(20)27-14-16-6-3-4-8-19(16)23;/h3-4,6,8,10-11,17,24H,2,5,7,9,12-14H2,1H3;1H. The summed E-state index contributed by atoms with van der Waals surface area (Å²) in [5.74, 6) is 1.42. The molecule has 1 saturated heterocycles. The van der Waals surface area contributed by atoms with Crippen LogP contribution >= 0.6 is 39.9 Å². The van der Waals surface area contributed by atoms with Gasteiger partial charge in [0.2, 0.25) is 0 Å². The highest BCUT2D eigenvalue weighted by atomic mass is 79.9. The van der Waals surface area contributed by atoms with Crippen molar-refractivity contribution in [3.05, 3.63) is 57.0 Å². The highest BCUT2D eigenvalue weighted by molar-refractivity contribution is 9.10. The van der Waals surface area contributed by atoms with E-state index in [-0.39, 0.29) is 12.4 Å². The zero-order valence-corrected chi connectivity index (χ0v) is 19.0. The maximum atomic E-state index is 6.23. The summed E-state index contributed by atoms with van der Waals surface area (Å²) in [6, 6.07) is 11.8. The Hall–Kier alpha value is -0.980. The minimum Gasteiger partial charge on any atom is -0.490 e. The molecule has 2 aromatic rings. The SMILES string of the molecule is CCOc1cc(CNCC2CCCO2)cc(Br)c1OCc1ccccc1Cl.Cl. The third-order valence-corrected chi connectivity index (χ3v) is 5.38. The molecule has 0 radical (unpaired) electrons. The molecule has 0 aromatic heterocycles. The van der Waals surface area contributed by atoms with Crippen molar-refractivity contribution in [3.63, 3.8) is 0 Å². The van der Waals surface area contributed by atoms with Crippen LogP contribution < -0.4 is 14.8 Å². The average Bonchev–Trinajstić information content (AvgIpc) is 3.16. The molecule has 1 atom stereocenters. The Morgan fingerprint density at radius 2 is 2.07 bits per heavy atom. The molecule has 7 heteroatoms. The lowest BCUT2D eigenvalue weighted by Gasteiger charge is -2.17. The van der Waals surface area contributed by atoms with Gasteiger partial charge >= 0.3 is 0 Å². The summed E-state index contributed by atoms with van der Waals surface area (Å²) in [6.07, 6.45) is 2.62. The summed E-state index contributed by atoms with van der Waals surface area (Å²) in [5, 5.41) is 4.16. The second-order valence-corrected chi connectivity index (χ2v) is 7.75. The third kappa shape index (κ3) is 6.53. The van der Waals surface area contributed by atoms with Crippen LogP contribution in [0, 0.1) is 0 Å². The number of halogens is 3. The molecule has 2 aromatic carbocycles. The van der Waals surface area contributed by atoms with Gasteiger partial charge in [0.1, 0.15) is 6.61 Å². The van der Waals surface area contributed by atoms with Gasteiger partial charge in [-0.15, -0.1) is 12.4 Å². The molecule has 1 heterocycles. The summed E-state index contributed by atoms with van der Waals surface area (Å²) in [6.45, 7) is 5.42. The number of hydrogen-bond donors (Lipinski definition) is 1. The van der Waals surface area contributed by atoms with Crippen molar-refractivity contribution in [2.45, 2.75) is 39.0 Å². The molecule has 154 valence electrons. The van der Waals surface area contributed by atoms with Gasteiger partial charge in [-0.05, 0) is 59.5 Å². The highest BCUT2D eigenvalue weighted by Gasteiger charge is 2.16. The van der Waals surface area contributed by atoms with Gasteiger partial charge in [0.25, 0.3) is 0 Å². The number of nitrogens with one attached hydrogen (secondary N) is 1. The second kappa shape index (κ2) is 11.9. The maximum Gasteiger partial charge on any atom is 0.175 e. The summed E-state index contributed by atoms with van der Waals surface area (Å²) in [4.78, 5) is 0. The van der Waals surface area contributed by atoms with Gasteiger partial charge in [-0.3, -0.25) is 0 Å². The van der Waals surface area contributed by atoms with Gasteiger partial charge in [0.05, 0.1) is 17.2 Å². The Kier molecular flexibility index (Phi) is 9.89. The molecule has 4 nitrogen and oxygen atoms in total. The van der Waals surface area contributed by atoms with Crippen LogP contribution in [0.4, 0.5) is 0 Å². The molecule has 1 unspecified atom stereocenters. The fourth-order valence-corrected chi connectivity index (χ4v) is 3.87. The summed E-state index contributed by atoms with van der Waals surface area (Å²) >= 11 is 9.85. The molecule has 0 aliphatic carbocycles. The van der Waals surface area contributed by atoms with Crippen LogP contribution in [0.2, 0.25) is 5.02 Å². The molecule has 3 rings (SSSR count). The first-order valence-corrected chi connectivity index (χ1v) is 10.5. The Balaban J connectivity index is 0.00000280. The van der Waals surface area contributed by atoms with E-state index in [1.807, 2.05) is 37.3 Å². The van der Waals surface area contributed by atoms with E-state index in [0.717, 1.165) is 53.9 Å². The van der Waals surface area contributed by atoms with Crippen LogP contribution in [0.5, 0.6) is 11.5 Å². The maximum absolute atomic E-state index is 6.23. The van der Waals surface area contributed by atoms with Gasteiger partial charge in [0, 0.05) is 30.3 Å². The van der Waals surface area contributed by atoms with E-state index in [1.165, 1.54) is 0 Å². The molecule has 0 spiro atoms. The lowest BCUT2D eigenvalue weighted by atomic mass is 10.2. The van der Waals surface area contributed by atoms with E-state index < -0.39 is 0 Å². The van der Waals surface area contributed by atoms with Crippen molar-refractivity contribution >= 4 is 39.9 Å². The summed E-state index contributed by atoms with van der Waals surface area (Å²) < 4.78 is 18.4. The van der Waals surface area contributed by atoms with Crippen LogP contribution in [0.25, 0.3) is 0 Å². The number of rotatable bonds is 9. The molecule has 1 aliphatic heterocycles. The monoisotopic (exact) mass is 489 g/mol. The predicted octanol–water partition coefficient (Wildman–Crippen LogP) is 5.77. The molecular weight excluding hydrogens is 465 g/mol. The fourth-order valence-electron chi connectivity index (χ4n) is 3.07. The van der Waals surface area contributed by atoms with Gasteiger partial charge in [-0.2, -0.15) is 0 Å². The van der Waals surface area contributed by atoms with E-state index in [4.69, 9.17) is 25.8 Å². The van der Waals surface area contributed by atoms with Crippen LogP contribution in [0.3, 0.4) is 0 Å². The molecule has 1 N–H and O–H groups in total. The molecule has 1 fully saturated rings. The Labute approximate surface area is 186 Å². The van der Waals surface area contributed by atoms with Crippen LogP contribution in [0.15, 0.2) is 40.9 Å². The largest absolute Gasteiger partial charge is 0.490 e. The lowest BCUT2D eigenvalue weighted by Crippen LogP contribution is -2.25. The average molecular weight is 491 g/mol. The van der Waals surface area contributed by atoms with Crippen LogP contribution in [0.1, 0.15) is 30.9 Å². The van der Waals surface area contributed by atoms with Crippen molar-refractivity contribution in [3.8, 4) is 11.5 Å². The Morgan fingerprint density at radius 3 is 2.79 bits per heavy atom. The topological polar surface area (TPSA) is 39.7 Å². The van der Waals surface area contributed by atoms with Gasteiger partial charge in [-0.1, -0.05) is 29.8 Å². The fraction of sp³-hybridized carbons (Fsp3) is 0.429. The number of hydrogen-bond acceptors (Lipinski definition) is 4. The van der Waals surface area contributed by atoms with E-state index in [1.54, 1.807) is 0 Å². The molecule has 0 saturated carbocycles. The van der Waals surface area contributed by atoms with Crippen LogP contribution in [-0.4, -0.2) is 25.9 Å². The Bertz CT molecular complexity index is 754. The zero-order valence-electron chi connectivity index (χ0n) is 15.9. The predicted molar refractivity (Wildman–Crippen MR) is 119 cm³/mol. The van der Waals surface area contributed by atoms with E-state index in [9.17, 15) is 0 Å². The van der Waals surface area contributed by atoms with Crippen molar-refractivity contribution in [2.24, 2.45) is 0 Å². The number of ether oxygens (including phenoxy) is 3. The Morgan fingerprint density at radius 1 is 1.25 bits per heavy atom. The summed E-state index contributed by atoms with van der Waals surface area (Å²) in [5.41, 5.74) is 2.07. The first kappa shape index (κ1) is 23.3. The molecule has 28 heavy (non-hydrogen) atoms. The third-order valence-electron chi connectivity index (χ3n) is 4.42. The number of benzene rings is 2. The first-order valence-electron chi connectivity index (χ1n) is 9.31.